The topological polar surface area (TPSA) is 60.6 Å². The summed E-state index contributed by atoms with van der Waals surface area (Å²) in [5.41, 5.74) is 2.66. The third-order valence-corrected chi connectivity index (χ3v) is 3.74. The zero-order chi connectivity index (χ0) is 15.5. The lowest BCUT2D eigenvalue weighted by Gasteiger charge is -2.09. The quantitative estimate of drug-likeness (QED) is 0.785. The molecule has 0 amide bonds. The summed E-state index contributed by atoms with van der Waals surface area (Å²) in [6.45, 7) is 6.04. The Bertz CT molecular complexity index is 809. The molecule has 7 heteroatoms. The van der Waals surface area contributed by atoms with Crippen molar-refractivity contribution in [2.75, 3.05) is 5.32 Å². The fourth-order valence-electron chi connectivity index (χ4n) is 2.12. The molecular formula is C15H16N6S. The molecule has 3 aromatic rings. The molecule has 0 aromatic carbocycles. The van der Waals surface area contributed by atoms with Crippen LogP contribution in [0.1, 0.15) is 12.7 Å². The van der Waals surface area contributed by atoms with Gasteiger partial charge in [0.1, 0.15) is 0 Å². The Kier molecular flexibility index (Phi) is 3.88. The van der Waals surface area contributed by atoms with Gasteiger partial charge in [-0.1, -0.05) is 12.7 Å². The third-order valence-electron chi connectivity index (χ3n) is 3.06. The summed E-state index contributed by atoms with van der Waals surface area (Å²) in [5, 5.41) is 10.1. The molecule has 112 valence electrons. The SMILES string of the molecule is C=C(Nc1nccs1)c1ncc(-c2cnn(C)c2)n1/C=C\C. The van der Waals surface area contributed by atoms with Crippen LogP contribution in [0.25, 0.3) is 23.2 Å². The molecule has 0 aliphatic carbocycles. The normalized spacial score (nSPS) is 11.2. The van der Waals surface area contributed by atoms with E-state index in [9.17, 15) is 0 Å². The number of hydrogen-bond donors (Lipinski definition) is 1. The predicted octanol–water partition coefficient (Wildman–Crippen LogP) is 3.31. The van der Waals surface area contributed by atoms with Gasteiger partial charge in [-0.25, -0.2) is 9.97 Å². The second-order valence-electron chi connectivity index (χ2n) is 4.66. The summed E-state index contributed by atoms with van der Waals surface area (Å²) < 4.78 is 3.75. The van der Waals surface area contributed by atoms with Gasteiger partial charge in [-0.2, -0.15) is 5.10 Å². The van der Waals surface area contributed by atoms with Crippen LogP contribution < -0.4 is 5.32 Å². The summed E-state index contributed by atoms with van der Waals surface area (Å²) in [5.74, 6) is 0.743. The first kappa shape index (κ1) is 14.3. The Morgan fingerprint density at radius 2 is 2.23 bits per heavy atom. The van der Waals surface area contributed by atoms with Crippen molar-refractivity contribution in [1.82, 2.24) is 24.3 Å². The molecule has 0 radical (unpaired) electrons. The van der Waals surface area contributed by atoms with Gasteiger partial charge < -0.3 is 5.32 Å². The van der Waals surface area contributed by atoms with Crippen LogP contribution in [0.15, 0.2) is 42.8 Å². The molecule has 0 aliphatic heterocycles. The number of allylic oxidation sites excluding steroid dienone is 1. The molecule has 0 unspecified atom stereocenters. The summed E-state index contributed by atoms with van der Waals surface area (Å²) in [6.07, 6.45) is 11.3. The number of imidazole rings is 1. The number of thiazole rings is 1. The highest BCUT2D eigenvalue weighted by Gasteiger charge is 2.14. The van der Waals surface area contributed by atoms with Crippen LogP contribution in [-0.4, -0.2) is 24.3 Å². The van der Waals surface area contributed by atoms with Gasteiger partial charge in [-0.15, -0.1) is 11.3 Å². The van der Waals surface area contributed by atoms with Crippen LogP contribution in [-0.2, 0) is 7.05 Å². The van der Waals surface area contributed by atoms with Crippen molar-refractivity contribution in [2.45, 2.75) is 6.92 Å². The lowest BCUT2D eigenvalue weighted by atomic mass is 10.3. The average Bonchev–Trinajstić information content (AvgIpc) is 3.20. The van der Waals surface area contributed by atoms with Crippen molar-refractivity contribution in [3.05, 3.63) is 48.6 Å². The summed E-state index contributed by atoms with van der Waals surface area (Å²) >= 11 is 1.52. The molecule has 0 spiro atoms. The average molecular weight is 312 g/mol. The minimum atomic E-state index is 0.697. The van der Waals surface area contributed by atoms with Crippen LogP contribution in [0.2, 0.25) is 0 Å². The number of aromatic nitrogens is 5. The number of nitrogens with zero attached hydrogens (tertiary/aromatic N) is 5. The van der Waals surface area contributed by atoms with E-state index in [0.29, 0.717) is 5.70 Å². The minimum Gasteiger partial charge on any atom is -0.329 e. The largest absolute Gasteiger partial charge is 0.329 e. The van der Waals surface area contributed by atoms with Gasteiger partial charge >= 0.3 is 0 Å². The zero-order valence-corrected chi connectivity index (χ0v) is 13.2. The number of anilines is 1. The van der Waals surface area contributed by atoms with Crippen LogP contribution in [0.5, 0.6) is 0 Å². The van der Waals surface area contributed by atoms with E-state index >= 15 is 0 Å². The third kappa shape index (κ3) is 2.71. The van der Waals surface area contributed by atoms with E-state index in [2.05, 4.69) is 27.0 Å². The number of aryl methyl sites for hydroxylation is 1. The monoisotopic (exact) mass is 312 g/mol. The predicted molar refractivity (Wildman–Crippen MR) is 90.2 cm³/mol. The van der Waals surface area contributed by atoms with Crippen molar-refractivity contribution in [3.8, 4) is 11.3 Å². The van der Waals surface area contributed by atoms with Crippen LogP contribution >= 0.6 is 11.3 Å². The van der Waals surface area contributed by atoms with Gasteiger partial charge in [0, 0.05) is 36.6 Å². The molecule has 0 fully saturated rings. The van der Waals surface area contributed by atoms with E-state index in [1.165, 1.54) is 11.3 Å². The van der Waals surface area contributed by atoms with Gasteiger partial charge in [-0.3, -0.25) is 9.25 Å². The first-order valence-corrected chi connectivity index (χ1v) is 7.62. The van der Waals surface area contributed by atoms with E-state index < -0.39 is 0 Å². The molecule has 3 aromatic heterocycles. The summed E-state index contributed by atoms with van der Waals surface area (Å²) in [6, 6.07) is 0. The van der Waals surface area contributed by atoms with E-state index in [-0.39, 0.29) is 0 Å². The molecule has 22 heavy (non-hydrogen) atoms. The van der Waals surface area contributed by atoms with Gasteiger partial charge in [0.05, 0.1) is 23.8 Å². The molecule has 0 bridgehead atoms. The fourth-order valence-corrected chi connectivity index (χ4v) is 2.68. The Labute approximate surface area is 132 Å². The number of rotatable bonds is 5. The molecule has 0 saturated carbocycles. The highest BCUT2D eigenvalue weighted by atomic mass is 32.1. The lowest BCUT2D eigenvalue weighted by molar-refractivity contribution is 0.768. The maximum Gasteiger partial charge on any atom is 0.187 e. The minimum absolute atomic E-state index is 0.697. The van der Waals surface area contributed by atoms with Crippen LogP contribution in [0.4, 0.5) is 5.13 Å². The molecular weight excluding hydrogens is 296 g/mol. The number of hydrogen-bond acceptors (Lipinski definition) is 5. The molecule has 0 saturated heterocycles. The summed E-state index contributed by atoms with van der Waals surface area (Å²) in [7, 11) is 1.89. The Morgan fingerprint density at radius 3 is 2.86 bits per heavy atom. The second kappa shape index (κ2) is 5.98. The summed E-state index contributed by atoms with van der Waals surface area (Å²) in [4.78, 5) is 8.69. The highest BCUT2D eigenvalue weighted by molar-refractivity contribution is 7.13. The van der Waals surface area contributed by atoms with Crippen molar-refractivity contribution in [3.63, 3.8) is 0 Å². The van der Waals surface area contributed by atoms with Gasteiger partial charge in [0.2, 0.25) is 0 Å². The first-order valence-electron chi connectivity index (χ1n) is 6.74. The first-order chi connectivity index (χ1) is 10.7. The van der Waals surface area contributed by atoms with Gasteiger partial charge in [0.25, 0.3) is 0 Å². The lowest BCUT2D eigenvalue weighted by Crippen LogP contribution is -2.04. The van der Waals surface area contributed by atoms with Crippen LogP contribution in [0, 0.1) is 0 Å². The Morgan fingerprint density at radius 1 is 1.36 bits per heavy atom. The molecule has 3 heterocycles. The fraction of sp³-hybridized carbons (Fsp3) is 0.133. The van der Waals surface area contributed by atoms with Crippen molar-refractivity contribution in [2.24, 2.45) is 7.05 Å². The second-order valence-corrected chi connectivity index (χ2v) is 5.56. The van der Waals surface area contributed by atoms with E-state index in [0.717, 1.165) is 22.2 Å². The molecule has 6 nitrogen and oxygen atoms in total. The molecule has 0 atom stereocenters. The molecule has 0 aliphatic rings. The molecule has 3 rings (SSSR count). The van der Waals surface area contributed by atoms with Crippen molar-refractivity contribution >= 4 is 28.4 Å². The smallest absolute Gasteiger partial charge is 0.187 e. The van der Waals surface area contributed by atoms with Crippen molar-refractivity contribution < 1.29 is 0 Å². The Hall–Kier alpha value is -2.67. The van der Waals surface area contributed by atoms with Crippen molar-refractivity contribution in [1.29, 1.82) is 0 Å². The van der Waals surface area contributed by atoms with Gasteiger partial charge in [0.15, 0.2) is 11.0 Å². The van der Waals surface area contributed by atoms with Crippen LogP contribution in [0.3, 0.4) is 0 Å². The van der Waals surface area contributed by atoms with E-state index in [1.54, 1.807) is 10.9 Å². The zero-order valence-electron chi connectivity index (χ0n) is 12.4. The van der Waals surface area contributed by atoms with E-state index in [4.69, 9.17) is 0 Å². The maximum absolute atomic E-state index is 4.49. The molecule has 1 N–H and O–H groups in total. The Balaban J connectivity index is 1.98. The standard InChI is InChI=1S/C15H16N6S/c1-4-6-21-13(12-8-18-20(3)10-12)9-17-14(21)11(2)19-15-16-5-7-22-15/h4-10H,2H2,1,3H3,(H,16,19)/b6-4-. The van der Waals surface area contributed by atoms with E-state index in [1.807, 2.05) is 54.8 Å². The van der Waals surface area contributed by atoms with Gasteiger partial charge in [-0.05, 0) is 6.92 Å². The highest BCUT2D eigenvalue weighted by Crippen LogP contribution is 2.25. The maximum atomic E-state index is 4.49. The number of nitrogens with one attached hydrogen (secondary N) is 1.